The SMILES string of the molecule is CCCn1cc(CC(C)C)c(O)n1. The number of rotatable bonds is 4. The van der Waals surface area contributed by atoms with Gasteiger partial charge in [-0.15, -0.1) is 5.10 Å². The Morgan fingerprint density at radius 3 is 2.77 bits per heavy atom. The molecule has 3 nitrogen and oxygen atoms in total. The normalized spacial score (nSPS) is 11.1. The van der Waals surface area contributed by atoms with Crippen molar-refractivity contribution in [1.29, 1.82) is 0 Å². The highest BCUT2D eigenvalue weighted by atomic mass is 16.3. The van der Waals surface area contributed by atoms with Crippen molar-refractivity contribution in [3.8, 4) is 5.88 Å². The van der Waals surface area contributed by atoms with Crippen LogP contribution in [-0.4, -0.2) is 14.9 Å². The molecule has 0 aliphatic carbocycles. The van der Waals surface area contributed by atoms with E-state index in [1.54, 1.807) is 0 Å². The van der Waals surface area contributed by atoms with Crippen molar-refractivity contribution in [3.05, 3.63) is 11.8 Å². The van der Waals surface area contributed by atoms with Crippen LogP contribution >= 0.6 is 0 Å². The summed E-state index contributed by atoms with van der Waals surface area (Å²) in [4.78, 5) is 0. The molecule has 1 N–H and O–H groups in total. The first-order chi connectivity index (χ1) is 6.13. The monoisotopic (exact) mass is 182 g/mol. The number of aromatic nitrogens is 2. The first-order valence-corrected chi connectivity index (χ1v) is 4.88. The minimum atomic E-state index is 0.196. The lowest BCUT2D eigenvalue weighted by Gasteiger charge is -2.00. The summed E-state index contributed by atoms with van der Waals surface area (Å²) in [5.41, 5.74) is 0.962. The van der Waals surface area contributed by atoms with Crippen molar-refractivity contribution in [2.45, 2.75) is 40.2 Å². The molecule has 0 bridgehead atoms. The third kappa shape index (κ3) is 2.76. The maximum Gasteiger partial charge on any atom is 0.233 e. The highest BCUT2D eigenvalue weighted by Crippen LogP contribution is 2.17. The summed E-state index contributed by atoms with van der Waals surface area (Å²) in [5.74, 6) is 0.757. The summed E-state index contributed by atoms with van der Waals surface area (Å²) < 4.78 is 1.81. The second-order valence-electron chi connectivity index (χ2n) is 3.84. The molecule has 0 amide bonds. The average Bonchev–Trinajstić information content (AvgIpc) is 2.31. The van der Waals surface area contributed by atoms with Gasteiger partial charge >= 0.3 is 0 Å². The van der Waals surface area contributed by atoms with Crippen molar-refractivity contribution in [2.24, 2.45) is 5.92 Å². The summed E-state index contributed by atoms with van der Waals surface area (Å²) in [6, 6.07) is 0. The number of hydrogen-bond donors (Lipinski definition) is 1. The molecular weight excluding hydrogens is 164 g/mol. The molecule has 0 spiro atoms. The Balaban J connectivity index is 2.71. The predicted octanol–water partition coefficient (Wildman–Crippen LogP) is 2.20. The third-order valence-electron chi connectivity index (χ3n) is 1.90. The molecule has 0 unspecified atom stereocenters. The van der Waals surface area contributed by atoms with Gasteiger partial charge in [0.05, 0.1) is 0 Å². The smallest absolute Gasteiger partial charge is 0.233 e. The molecule has 0 aromatic carbocycles. The fourth-order valence-electron chi connectivity index (χ4n) is 1.38. The van der Waals surface area contributed by atoms with Crippen molar-refractivity contribution < 1.29 is 5.11 Å². The zero-order valence-electron chi connectivity index (χ0n) is 8.62. The quantitative estimate of drug-likeness (QED) is 0.775. The van der Waals surface area contributed by atoms with Gasteiger partial charge in [-0.05, 0) is 18.8 Å². The maximum atomic E-state index is 9.47. The van der Waals surface area contributed by atoms with E-state index in [9.17, 15) is 5.11 Å². The summed E-state index contributed by atoms with van der Waals surface area (Å²) in [6.45, 7) is 7.25. The highest BCUT2D eigenvalue weighted by molar-refractivity contribution is 5.21. The Morgan fingerprint density at radius 1 is 1.54 bits per heavy atom. The van der Waals surface area contributed by atoms with Crippen molar-refractivity contribution in [1.82, 2.24) is 9.78 Å². The van der Waals surface area contributed by atoms with E-state index in [4.69, 9.17) is 0 Å². The largest absolute Gasteiger partial charge is 0.492 e. The first-order valence-electron chi connectivity index (χ1n) is 4.88. The molecular formula is C10H18N2O. The van der Waals surface area contributed by atoms with Crippen LogP contribution in [0.4, 0.5) is 0 Å². The topological polar surface area (TPSA) is 38.0 Å². The van der Waals surface area contributed by atoms with Crippen LogP contribution in [0, 0.1) is 5.92 Å². The highest BCUT2D eigenvalue weighted by Gasteiger charge is 2.08. The van der Waals surface area contributed by atoms with Gasteiger partial charge < -0.3 is 5.11 Å². The minimum Gasteiger partial charge on any atom is -0.492 e. The Labute approximate surface area is 79.4 Å². The van der Waals surface area contributed by atoms with Gasteiger partial charge in [-0.2, -0.15) is 0 Å². The van der Waals surface area contributed by atoms with Crippen LogP contribution in [-0.2, 0) is 13.0 Å². The van der Waals surface area contributed by atoms with Gasteiger partial charge in [-0.25, -0.2) is 0 Å². The van der Waals surface area contributed by atoms with Gasteiger partial charge in [-0.3, -0.25) is 4.68 Å². The van der Waals surface area contributed by atoms with Gasteiger partial charge in [0, 0.05) is 18.3 Å². The van der Waals surface area contributed by atoms with E-state index in [0.717, 1.165) is 24.9 Å². The van der Waals surface area contributed by atoms with Crippen molar-refractivity contribution >= 4 is 0 Å². The Bertz CT molecular complexity index is 266. The van der Waals surface area contributed by atoms with Crippen LogP contribution in [0.5, 0.6) is 5.88 Å². The fraction of sp³-hybridized carbons (Fsp3) is 0.700. The standard InChI is InChI=1S/C10H18N2O/c1-4-5-12-7-9(6-8(2)3)10(13)11-12/h7-8H,4-6H2,1-3H3,(H,11,13). The predicted molar refractivity (Wildman–Crippen MR) is 52.7 cm³/mol. The van der Waals surface area contributed by atoms with E-state index < -0.39 is 0 Å². The van der Waals surface area contributed by atoms with Crippen molar-refractivity contribution in [3.63, 3.8) is 0 Å². The van der Waals surface area contributed by atoms with Gasteiger partial charge in [0.2, 0.25) is 5.88 Å². The van der Waals surface area contributed by atoms with Gasteiger partial charge in [0.15, 0.2) is 0 Å². The van der Waals surface area contributed by atoms with Crippen LogP contribution in [0.25, 0.3) is 0 Å². The lowest BCUT2D eigenvalue weighted by molar-refractivity contribution is 0.429. The molecule has 1 heterocycles. The van der Waals surface area contributed by atoms with Crippen LogP contribution in [0.2, 0.25) is 0 Å². The molecule has 1 aromatic heterocycles. The molecule has 3 heteroatoms. The summed E-state index contributed by atoms with van der Waals surface area (Å²) in [6.07, 6.45) is 3.89. The zero-order chi connectivity index (χ0) is 9.84. The molecule has 0 fully saturated rings. The zero-order valence-corrected chi connectivity index (χ0v) is 8.62. The average molecular weight is 182 g/mol. The Hall–Kier alpha value is -0.990. The van der Waals surface area contributed by atoms with E-state index in [1.807, 2.05) is 10.9 Å². The molecule has 0 radical (unpaired) electrons. The van der Waals surface area contributed by atoms with E-state index in [2.05, 4.69) is 25.9 Å². The number of aryl methyl sites for hydroxylation is 1. The van der Waals surface area contributed by atoms with Crippen LogP contribution < -0.4 is 0 Å². The summed E-state index contributed by atoms with van der Waals surface area (Å²) >= 11 is 0. The maximum absolute atomic E-state index is 9.47. The van der Waals surface area contributed by atoms with Gasteiger partial charge in [0.25, 0.3) is 0 Å². The van der Waals surface area contributed by atoms with Gasteiger partial charge in [-0.1, -0.05) is 20.8 Å². The molecule has 0 aliphatic rings. The fourth-order valence-corrected chi connectivity index (χ4v) is 1.38. The van der Waals surface area contributed by atoms with Crippen molar-refractivity contribution in [2.75, 3.05) is 0 Å². The van der Waals surface area contributed by atoms with E-state index in [0.29, 0.717) is 5.92 Å². The van der Waals surface area contributed by atoms with E-state index >= 15 is 0 Å². The van der Waals surface area contributed by atoms with Gasteiger partial charge in [0.1, 0.15) is 0 Å². The number of hydrogen-bond acceptors (Lipinski definition) is 2. The Kier molecular flexibility index (Phi) is 3.34. The summed E-state index contributed by atoms with van der Waals surface area (Å²) in [5, 5.41) is 13.5. The molecule has 13 heavy (non-hydrogen) atoms. The summed E-state index contributed by atoms with van der Waals surface area (Å²) in [7, 11) is 0. The second-order valence-corrected chi connectivity index (χ2v) is 3.84. The molecule has 74 valence electrons. The Morgan fingerprint density at radius 2 is 2.23 bits per heavy atom. The van der Waals surface area contributed by atoms with Crippen LogP contribution in [0.1, 0.15) is 32.8 Å². The first kappa shape index (κ1) is 10.1. The molecule has 0 atom stereocenters. The lowest BCUT2D eigenvalue weighted by Crippen LogP contribution is -1.96. The van der Waals surface area contributed by atoms with E-state index in [-0.39, 0.29) is 5.88 Å². The minimum absolute atomic E-state index is 0.196. The molecule has 0 aliphatic heterocycles. The second kappa shape index (κ2) is 4.30. The number of aromatic hydroxyl groups is 1. The molecule has 0 saturated carbocycles. The van der Waals surface area contributed by atoms with Crippen LogP contribution in [0.3, 0.4) is 0 Å². The third-order valence-corrected chi connectivity index (χ3v) is 1.90. The molecule has 1 rings (SSSR count). The lowest BCUT2D eigenvalue weighted by atomic mass is 10.1. The molecule has 0 saturated heterocycles. The van der Waals surface area contributed by atoms with E-state index in [1.165, 1.54) is 0 Å². The number of nitrogens with zero attached hydrogens (tertiary/aromatic N) is 2. The van der Waals surface area contributed by atoms with Crippen LogP contribution in [0.15, 0.2) is 6.20 Å². The molecule has 1 aromatic rings.